The molecule has 1 aliphatic heterocycles. The summed E-state index contributed by atoms with van der Waals surface area (Å²) < 4.78 is 0. The predicted octanol–water partition coefficient (Wildman–Crippen LogP) is 5.64. The summed E-state index contributed by atoms with van der Waals surface area (Å²) >= 11 is 0. The largest absolute Gasteiger partial charge is 0.508 e. The molecule has 0 radical (unpaired) electrons. The number of benzene rings is 2. The first kappa shape index (κ1) is 18.2. The van der Waals surface area contributed by atoms with Gasteiger partial charge in [0, 0.05) is 18.0 Å². The van der Waals surface area contributed by atoms with Gasteiger partial charge >= 0.3 is 0 Å². The third kappa shape index (κ3) is 2.88. The van der Waals surface area contributed by atoms with Crippen molar-refractivity contribution in [2.24, 2.45) is 5.92 Å². The lowest BCUT2D eigenvalue weighted by Gasteiger charge is -2.59. The highest BCUT2D eigenvalue weighted by atomic mass is 16.3. The van der Waals surface area contributed by atoms with E-state index in [2.05, 4.69) is 54.3 Å². The zero-order chi connectivity index (χ0) is 19.1. The molecular formula is C26H33NO. The van der Waals surface area contributed by atoms with Crippen molar-refractivity contribution < 1.29 is 5.11 Å². The van der Waals surface area contributed by atoms with Crippen LogP contribution in [-0.2, 0) is 11.8 Å². The average Bonchev–Trinajstić information content (AvgIpc) is 2.74. The van der Waals surface area contributed by atoms with Gasteiger partial charge in [-0.2, -0.15) is 0 Å². The van der Waals surface area contributed by atoms with E-state index < -0.39 is 0 Å². The second kappa shape index (κ2) is 7.22. The molecule has 0 aromatic heterocycles. The summed E-state index contributed by atoms with van der Waals surface area (Å²) in [6.07, 6.45) is 9.02. The van der Waals surface area contributed by atoms with Crippen molar-refractivity contribution in [2.45, 2.75) is 69.2 Å². The van der Waals surface area contributed by atoms with Crippen LogP contribution in [0.3, 0.4) is 0 Å². The summed E-state index contributed by atoms with van der Waals surface area (Å²) in [6, 6.07) is 18.0. The highest BCUT2D eigenvalue weighted by Crippen LogP contribution is 2.56. The summed E-state index contributed by atoms with van der Waals surface area (Å²) in [7, 11) is 0. The Balaban J connectivity index is 1.47. The zero-order valence-corrected chi connectivity index (χ0v) is 17.1. The Morgan fingerprint density at radius 2 is 1.96 bits per heavy atom. The molecule has 2 fully saturated rings. The van der Waals surface area contributed by atoms with E-state index in [1.165, 1.54) is 68.3 Å². The van der Waals surface area contributed by atoms with E-state index >= 15 is 0 Å². The van der Waals surface area contributed by atoms with Crippen LogP contribution in [0.25, 0.3) is 0 Å². The van der Waals surface area contributed by atoms with Gasteiger partial charge in [-0.1, -0.05) is 56.2 Å². The van der Waals surface area contributed by atoms with Crippen LogP contribution in [0.15, 0.2) is 48.5 Å². The smallest absolute Gasteiger partial charge is 0.115 e. The second-order valence-corrected chi connectivity index (χ2v) is 9.38. The lowest BCUT2D eigenvalue weighted by molar-refractivity contribution is -0.0143. The van der Waals surface area contributed by atoms with Crippen LogP contribution in [0.4, 0.5) is 0 Å². The van der Waals surface area contributed by atoms with E-state index in [1.54, 1.807) is 0 Å². The van der Waals surface area contributed by atoms with Gasteiger partial charge in [0.2, 0.25) is 0 Å². The molecule has 0 amide bonds. The molecular weight excluding hydrogens is 342 g/mol. The van der Waals surface area contributed by atoms with Crippen molar-refractivity contribution in [3.8, 4) is 5.75 Å². The molecule has 2 bridgehead atoms. The van der Waals surface area contributed by atoms with Crippen molar-refractivity contribution in [3.63, 3.8) is 0 Å². The van der Waals surface area contributed by atoms with Crippen LogP contribution in [-0.4, -0.2) is 29.1 Å². The van der Waals surface area contributed by atoms with Crippen LogP contribution in [0.1, 0.15) is 68.1 Å². The minimum Gasteiger partial charge on any atom is -0.508 e. The van der Waals surface area contributed by atoms with Crippen LogP contribution in [0, 0.1) is 5.92 Å². The molecule has 5 rings (SSSR count). The van der Waals surface area contributed by atoms with Gasteiger partial charge in [0.25, 0.3) is 0 Å². The van der Waals surface area contributed by atoms with E-state index in [0.717, 1.165) is 12.3 Å². The molecule has 2 aliphatic carbocycles. The summed E-state index contributed by atoms with van der Waals surface area (Å²) in [4.78, 5) is 2.84. The van der Waals surface area contributed by atoms with Crippen molar-refractivity contribution in [1.82, 2.24) is 4.90 Å². The Kier molecular flexibility index (Phi) is 4.71. The summed E-state index contributed by atoms with van der Waals surface area (Å²) in [5, 5.41) is 10.2. The Bertz CT molecular complexity index is 832. The first-order valence-electron chi connectivity index (χ1n) is 11.3. The number of fused-ring (bicyclic) bond motifs is 1. The number of phenols is 1. The normalized spacial score (nSPS) is 30.3. The number of likely N-dealkylation sites (tertiary alicyclic amines) is 1. The number of hydrogen-bond acceptors (Lipinski definition) is 2. The standard InChI is InChI=1S/C26H33NO/c1-2-19(20-8-4-3-5-9-20)18-27-15-14-26-13-7-6-10-23(26)25(27)16-21-11-12-22(28)17-24(21)26/h3-5,8-9,11-12,17,19,23,25,28H,2,6-7,10,13-16,18H2,1H3/t19?,23-,25+,26+/m0/s1. The van der Waals surface area contributed by atoms with Gasteiger partial charge in [-0.05, 0) is 79.3 Å². The maximum Gasteiger partial charge on any atom is 0.115 e. The number of piperidine rings is 1. The van der Waals surface area contributed by atoms with Gasteiger partial charge < -0.3 is 5.11 Å². The van der Waals surface area contributed by atoms with Crippen LogP contribution < -0.4 is 0 Å². The number of phenolic OH excluding ortho intramolecular Hbond substituents is 1. The lowest BCUT2D eigenvalue weighted by Crippen LogP contribution is -2.61. The maximum absolute atomic E-state index is 10.2. The third-order valence-corrected chi connectivity index (χ3v) is 8.15. The molecule has 2 nitrogen and oxygen atoms in total. The molecule has 1 heterocycles. The fourth-order valence-corrected chi connectivity index (χ4v) is 6.78. The molecule has 1 saturated heterocycles. The SMILES string of the molecule is CCC(CN1CC[C@]23CCCC[C@H]2[C@H]1Cc1ccc(O)cc13)c1ccccc1. The fraction of sp³-hybridized carbons (Fsp3) is 0.538. The maximum atomic E-state index is 10.2. The minimum atomic E-state index is 0.320. The van der Waals surface area contributed by atoms with Gasteiger partial charge in [-0.25, -0.2) is 0 Å². The highest BCUT2D eigenvalue weighted by Gasteiger charge is 2.53. The van der Waals surface area contributed by atoms with Crippen molar-refractivity contribution in [1.29, 1.82) is 0 Å². The minimum absolute atomic E-state index is 0.320. The number of nitrogens with zero attached hydrogens (tertiary/aromatic N) is 1. The van der Waals surface area contributed by atoms with Crippen LogP contribution >= 0.6 is 0 Å². The predicted molar refractivity (Wildman–Crippen MR) is 115 cm³/mol. The van der Waals surface area contributed by atoms with E-state index in [1.807, 2.05) is 6.07 Å². The molecule has 4 atom stereocenters. The number of aromatic hydroxyl groups is 1. The molecule has 1 unspecified atom stereocenters. The zero-order valence-electron chi connectivity index (χ0n) is 17.1. The van der Waals surface area contributed by atoms with Crippen molar-refractivity contribution in [2.75, 3.05) is 13.1 Å². The summed E-state index contributed by atoms with van der Waals surface area (Å²) in [5.74, 6) is 1.84. The summed E-state index contributed by atoms with van der Waals surface area (Å²) in [6.45, 7) is 4.73. The highest BCUT2D eigenvalue weighted by molar-refractivity contribution is 5.45. The Morgan fingerprint density at radius 1 is 1.11 bits per heavy atom. The van der Waals surface area contributed by atoms with E-state index in [4.69, 9.17) is 0 Å². The molecule has 148 valence electrons. The molecule has 2 heteroatoms. The molecule has 2 aromatic carbocycles. The fourth-order valence-electron chi connectivity index (χ4n) is 6.78. The lowest BCUT2D eigenvalue weighted by atomic mass is 9.52. The first-order chi connectivity index (χ1) is 13.7. The molecule has 0 spiro atoms. The van der Waals surface area contributed by atoms with Gasteiger partial charge in [-0.3, -0.25) is 4.90 Å². The van der Waals surface area contributed by atoms with E-state index in [0.29, 0.717) is 23.1 Å². The van der Waals surface area contributed by atoms with Crippen LogP contribution in [0.5, 0.6) is 5.75 Å². The monoisotopic (exact) mass is 375 g/mol. The average molecular weight is 376 g/mol. The second-order valence-electron chi connectivity index (χ2n) is 9.38. The molecule has 28 heavy (non-hydrogen) atoms. The molecule has 1 N–H and O–H groups in total. The van der Waals surface area contributed by atoms with E-state index in [-0.39, 0.29) is 0 Å². The first-order valence-corrected chi connectivity index (χ1v) is 11.3. The summed E-state index contributed by atoms with van der Waals surface area (Å²) in [5.41, 5.74) is 4.80. The van der Waals surface area contributed by atoms with Gasteiger partial charge in [0.05, 0.1) is 0 Å². The molecule has 3 aliphatic rings. The van der Waals surface area contributed by atoms with Gasteiger partial charge in [0.15, 0.2) is 0 Å². The van der Waals surface area contributed by atoms with Gasteiger partial charge in [-0.15, -0.1) is 0 Å². The topological polar surface area (TPSA) is 23.5 Å². The van der Waals surface area contributed by atoms with Gasteiger partial charge in [0.1, 0.15) is 5.75 Å². The quantitative estimate of drug-likeness (QED) is 0.747. The number of hydrogen-bond donors (Lipinski definition) is 1. The van der Waals surface area contributed by atoms with Crippen molar-refractivity contribution >= 4 is 0 Å². The Labute approximate surface area is 169 Å². The third-order valence-electron chi connectivity index (χ3n) is 8.15. The van der Waals surface area contributed by atoms with Crippen LogP contribution in [0.2, 0.25) is 0 Å². The number of rotatable bonds is 4. The molecule has 1 saturated carbocycles. The van der Waals surface area contributed by atoms with E-state index in [9.17, 15) is 5.11 Å². The van der Waals surface area contributed by atoms with Crippen molar-refractivity contribution in [3.05, 3.63) is 65.2 Å². The Hall–Kier alpha value is -1.80. The Morgan fingerprint density at radius 3 is 2.79 bits per heavy atom. The molecule has 2 aromatic rings.